The molecule has 0 bridgehead atoms. The van der Waals surface area contributed by atoms with Gasteiger partial charge in [-0.15, -0.1) is 0 Å². The normalized spacial score (nSPS) is 14.1. The highest BCUT2D eigenvalue weighted by atomic mass is 16.5. The van der Waals surface area contributed by atoms with Crippen LogP contribution in [0.25, 0.3) is 0 Å². The minimum atomic E-state index is -0.112. The number of para-hydroxylation sites is 1. The van der Waals surface area contributed by atoms with Crippen LogP contribution in [0.1, 0.15) is 25.5 Å². The lowest BCUT2D eigenvalue weighted by Crippen LogP contribution is -2.36. The maximum atomic E-state index is 5.71. The molecule has 108 valence electrons. The summed E-state index contributed by atoms with van der Waals surface area (Å²) >= 11 is 0. The molecule has 0 amide bonds. The first kappa shape index (κ1) is 15.9. The van der Waals surface area contributed by atoms with Crippen molar-refractivity contribution < 1.29 is 14.2 Å². The van der Waals surface area contributed by atoms with E-state index < -0.39 is 0 Å². The molecule has 19 heavy (non-hydrogen) atoms. The minimum absolute atomic E-state index is 0.0397. The van der Waals surface area contributed by atoms with Crippen molar-refractivity contribution in [3.63, 3.8) is 0 Å². The number of hydrazine groups is 1. The molecule has 3 N–H and O–H groups in total. The van der Waals surface area contributed by atoms with Gasteiger partial charge in [0.2, 0.25) is 0 Å². The summed E-state index contributed by atoms with van der Waals surface area (Å²) in [5, 5.41) is 0. The molecule has 0 saturated carbocycles. The minimum Gasteiger partial charge on any atom is -0.491 e. The summed E-state index contributed by atoms with van der Waals surface area (Å²) in [6, 6.07) is 7.70. The van der Waals surface area contributed by atoms with Crippen LogP contribution in [0.4, 0.5) is 0 Å². The summed E-state index contributed by atoms with van der Waals surface area (Å²) in [6.45, 7) is 5.65. The summed E-state index contributed by atoms with van der Waals surface area (Å²) in [5.74, 6) is 6.45. The van der Waals surface area contributed by atoms with Gasteiger partial charge in [-0.1, -0.05) is 18.2 Å². The largest absolute Gasteiger partial charge is 0.491 e. The van der Waals surface area contributed by atoms with Gasteiger partial charge in [0.15, 0.2) is 0 Å². The van der Waals surface area contributed by atoms with Gasteiger partial charge in [0.1, 0.15) is 12.4 Å². The van der Waals surface area contributed by atoms with Gasteiger partial charge in [-0.2, -0.15) is 0 Å². The van der Waals surface area contributed by atoms with Gasteiger partial charge in [-0.3, -0.25) is 11.3 Å². The molecule has 2 atom stereocenters. The number of benzene rings is 1. The quantitative estimate of drug-likeness (QED) is 0.405. The average Bonchev–Trinajstić information content (AvgIpc) is 2.42. The zero-order chi connectivity index (χ0) is 14.1. The highest BCUT2D eigenvalue weighted by Crippen LogP contribution is 2.27. The fourth-order valence-electron chi connectivity index (χ4n) is 1.94. The van der Waals surface area contributed by atoms with Gasteiger partial charge in [0.25, 0.3) is 0 Å². The molecule has 0 radical (unpaired) electrons. The Balaban J connectivity index is 2.83. The third-order valence-corrected chi connectivity index (χ3v) is 2.88. The van der Waals surface area contributed by atoms with Crippen molar-refractivity contribution in [2.45, 2.75) is 26.0 Å². The summed E-state index contributed by atoms with van der Waals surface area (Å²) < 4.78 is 16.3. The van der Waals surface area contributed by atoms with Crippen LogP contribution >= 0.6 is 0 Å². The van der Waals surface area contributed by atoms with Crippen LogP contribution in [0.3, 0.4) is 0 Å². The molecule has 2 unspecified atom stereocenters. The Hall–Kier alpha value is -1.14. The van der Waals surface area contributed by atoms with Gasteiger partial charge < -0.3 is 14.2 Å². The molecule has 0 aliphatic rings. The fraction of sp³-hybridized carbons (Fsp3) is 0.571. The van der Waals surface area contributed by atoms with E-state index in [9.17, 15) is 0 Å². The molecule has 1 aromatic carbocycles. The molecule has 0 saturated heterocycles. The lowest BCUT2D eigenvalue weighted by Gasteiger charge is -2.25. The van der Waals surface area contributed by atoms with E-state index in [1.54, 1.807) is 7.11 Å². The SMILES string of the molecule is CCOC(C)C(NN)c1ccccc1OCCOC. The van der Waals surface area contributed by atoms with Crippen LogP contribution in [0.2, 0.25) is 0 Å². The molecule has 0 aliphatic heterocycles. The van der Waals surface area contributed by atoms with Crippen molar-refractivity contribution in [1.82, 2.24) is 5.43 Å². The third-order valence-electron chi connectivity index (χ3n) is 2.88. The van der Waals surface area contributed by atoms with Gasteiger partial charge in [-0.05, 0) is 19.9 Å². The van der Waals surface area contributed by atoms with E-state index in [0.29, 0.717) is 19.8 Å². The number of nitrogens with two attached hydrogens (primary N) is 1. The first-order valence-corrected chi connectivity index (χ1v) is 6.53. The van der Waals surface area contributed by atoms with Crippen molar-refractivity contribution in [2.75, 3.05) is 26.9 Å². The topological polar surface area (TPSA) is 65.7 Å². The smallest absolute Gasteiger partial charge is 0.124 e. The van der Waals surface area contributed by atoms with E-state index >= 15 is 0 Å². The summed E-state index contributed by atoms with van der Waals surface area (Å²) in [5.41, 5.74) is 3.79. The van der Waals surface area contributed by atoms with Gasteiger partial charge in [-0.25, -0.2) is 0 Å². The predicted molar refractivity (Wildman–Crippen MR) is 75.0 cm³/mol. The van der Waals surface area contributed by atoms with Crippen molar-refractivity contribution in [1.29, 1.82) is 0 Å². The molecule has 0 heterocycles. The highest BCUT2D eigenvalue weighted by Gasteiger charge is 2.21. The number of ether oxygens (including phenoxy) is 3. The summed E-state index contributed by atoms with van der Waals surface area (Å²) in [6.07, 6.45) is -0.0397. The number of rotatable bonds is 9. The van der Waals surface area contributed by atoms with Crippen molar-refractivity contribution in [2.24, 2.45) is 5.84 Å². The Bertz CT molecular complexity index is 360. The maximum Gasteiger partial charge on any atom is 0.124 e. The molecule has 5 heteroatoms. The molecule has 1 rings (SSSR count). The number of nitrogens with one attached hydrogen (secondary N) is 1. The van der Waals surface area contributed by atoms with E-state index in [1.165, 1.54) is 0 Å². The Morgan fingerprint density at radius 1 is 1.26 bits per heavy atom. The predicted octanol–water partition coefficient (Wildman–Crippen LogP) is 1.64. The molecule has 0 spiro atoms. The van der Waals surface area contributed by atoms with E-state index in [4.69, 9.17) is 20.1 Å². The van der Waals surface area contributed by atoms with E-state index in [2.05, 4.69) is 5.43 Å². The second kappa shape index (κ2) is 8.87. The second-order valence-corrected chi connectivity index (χ2v) is 4.18. The lowest BCUT2D eigenvalue weighted by molar-refractivity contribution is 0.0461. The standard InChI is InChI=1S/C14H24N2O3/c1-4-18-11(2)14(16-15)12-7-5-6-8-13(12)19-10-9-17-3/h5-8,11,14,16H,4,9-10,15H2,1-3H3. The van der Waals surface area contributed by atoms with E-state index in [1.807, 2.05) is 38.1 Å². The van der Waals surface area contributed by atoms with Crippen LogP contribution < -0.4 is 16.0 Å². The fourth-order valence-corrected chi connectivity index (χ4v) is 1.94. The Labute approximate surface area is 115 Å². The Kier molecular flexibility index (Phi) is 7.43. The van der Waals surface area contributed by atoms with Crippen molar-refractivity contribution in [3.05, 3.63) is 29.8 Å². The lowest BCUT2D eigenvalue weighted by atomic mass is 10.0. The molecule has 1 aromatic rings. The average molecular weight is 268 g/mol. The Morgan fingerprint density at radius 2 is 2.00 bits per heavy atom. The third kappa shape index (κ3) is 4.80. The Morgan fingerprint density at radius 3 is 2.63 bits per heavy atom. The first-order chi connectivity index (χ1) is 9.24. The van der Waals surface area contributed by atoms with E-state index in [-0.39, 0.29) is 12.1 Å². The zero-order valence-electron chi connectivity index (χ0n) is 11.9. The number of hydrogen-bond acceptors (Lipinski definition) is 5. The van der Waals surface area contributed by atoms with Crippen LogP contribution in [0, 0.1) is 0 Å². The van der Waals surface area contributed by atoms with E-state index in [0.717, 1.165) is 11.3 Å². The molecule has 5 nitrogen and oxygen atoms in total. The van der Waals surface area contributed by atoms with Crippen LogP contribution in [0.15, 0.2) is 24.3 Å². The summed E-state index contributed by atoms with van der Waals surface area (Å²) in [4.78, 5) is 0. The van der Waals surface area contributed by atoms with Gasteiger partial charge in [0.05, 0.1) is 18.8 Å². The van der Waals surface area contributed by atoms with Gasteiger partial charge in [0, 0.05) is 19.3 Å². The van der Waals surface area contributed by atoms with Gasteiger partial charge >= 0.3 is 0 Å². The highest BCUT2D eigenvalue weighted by molar-refractivity contribution is 5.36. The zero-order valence-corrected chi connectivity index (χ0v) is 11.9. The number of methoxy groups -OCH3 is 1. The second-order valence-electron chi connectivity index (χ2n) is 4.18. The molecular formula is C14H24N2O3. The molecular weight excluding hydrogens is 244 g/mol. The maximum absolute atomic E-state index is 5.71. The van der Waals surface area contributed by atoms with Crippen LogP contribution in [0.5, 0.6) is 5.75 Å². The molecule has 0 aliphatic carbocycles. The monoisotopic (exact) mass is 268 g/mol. The van der Waals surface area contributed by atoms with Crippen LogP contribution in [-0.2, 0) is 9.47 Å². The summed E-state index contributed by atoms with van der Waals surface area (Å²) in [7, 11) is 1.65. The number of hydrogen-bond donors (Lipinski definition) is 2. The van der Waals surface area contributed by atoms with Crippen molar-refractivity contribution >= 4 is 0 Å². The molecule has 0 fully saturated rings. The first-order valence-electron chi connectivity index (χ1n) is 6.53. The molecule has 0 aromatic heterocycles. The van der Waals surface area contributed by atoms with Crippen LogP contribution in [-0.4, -0.2) is 33.0 Å². The van der Waals surface area contributed by atoms with Crippen molar-refractivity contribution in [3.8, 4) is 5.75 Å².